The van der Waals surface area contributed by atoms with Gasteiger partial charge in [0.1, 0.15) is 18.1 Å². The molecule has 0 radical (unpaired) electrons. The van der Waals surface area contributed by atoms with Crippen molar-refractivity contribution in [3.63, 3.8) is 0 Å². The SMILES string of the molecule is Cc1ccc(Cn2cc(CC(O)c3ccccc3)nn2)o1. The van der Waals surface area contributed by atoms with Gasteiger partial charge in [0.25, 0.3) is 0 Å². The average Bonchev–Trinajstić information content (AvgIpc) is 3.09. The van der Waals surface area contributed by atoms with Crippen LogP contribution in [0.4, 0.5) is 0 Å². The fraction of sp³-hybridized carbons (Fsp3) is 0.250. The summed E-state index contributed by atoms with van der Waals surface area (Å²) in [6.07, 6.45) is 1.72. The number of hydrogen-bond donors (Lipinski definition) is 1. The van der Waals surface area contributed by atoms with E-state index < -0.39 is 6.10 Å². The van der Waals surface area contributed by atoms with E-state index in [9.17, 15) is 5.11 Å². The molecule has 0 aliphatic rings. The summed E-state index contributed by atoms with van der Waals surface area (Å²) >= 11 is 0. The first kappa shape index (κ1) is 13.6. The molecule has 1 aromatic carbocycles. The van der Waals surface area contributed by atoms with Gasteiger partial charge in [-0.05, 0) is 24.6 Å². The molecule has 0 spiro atoms. The van der Waals surface area contributed by atoms with E-state index in [-0.39, 0.29) is 0 Å². The van der Waals surface area contributed by atoms with Gasteiger partial charge >= 0.3 is 0 Å². The first-order chi connectivity index (χ1) is 10.2. The van der Waals surface area contributed by atoms with Crippen molar-refractivity contribution >= 4 is 0 Å². The Morgan fingerprint density at radius 2 is 2.00 bits per heavy atom. The van der Waals surface area contributed by atoms with Crippen LogP contribution in [-0.2, 0) is 13.0 Å². The lowest BCUT2D eigenvalue weighted by molar-refractivity contribution is 0.177. The number of benzene rings is 1. The van der Waals surface area contributed by atoms with Gasteiger partial charge in [-0.2, -0.15) is 0 Å². The summed E-state index contributed by atoms with van der Waals surface area (Å²) in [5, 5.41) is 18.3. The molecule has 0 aliphatic heterocycles. The van der Waals surface area contributed by atoms with Crippen molar-refractivity contribution in [2.24, 2.45) is 0 Å². The minimum absolute atomic E-state index is 0.446. The molecule has 2 aromatic heterocycles. The molecule has 2 heterocycles. The Balaban J connectivity index is 1.65. The summed E-state index contributed by atoms with van der Waals surface area (Å²) in [7, 11) is 0. The highest BCUT2D eigenvalue weighted by Gasteiger charge is 2.11. The van der Waals surface area contributed by atoms with Crippen LogP contribution in [0.2, 0.25) is 0 Å². The number of rotatable bonds is 5. The van der Waals surface area contributed by atoms with Crippen LogP contribution in [0.3, 0.4) is 0 Å². The van der Waals surface area contributed by atoms with E-state index in [1.807, 2.05) is 55.6 Å². The third-order valence-corrected chi connectivity index (χ3v) is 3.29. The lowest BCUT2D eigenvalue weighted by Gasteiger charge is -2.08. The fourth-order valence-electron chi connectivity index (χ4n) is 2.23. The Bertz CT molecular complexity index is 703. The monoisotopic (exact) mass is 283 g/mol. The van der Waals surface area contributed by atoms with Crippen molar-refractivity contribution in [2.75, 3.05) is 0 Å². The molecular formula is C16H17N3O2. The van der Waals surface area contributed by atoms with Gasteiger partial charge < -0.3 is 9.52 Å². The Hall–Kier alpha value is -2.40. The third-order valence-electron chi connectivity index (χ3n) is 3.29. The molecule has 3 aromatic rings. The van der Waals surface area contributed by atoms with Gasteiger partial charge in [-0.25, -0.2) is 4.68 Å². The van der Waals surface area contributed by atoms with Crippen molar-refractivity contribution < 1.29 is 9.52 Å². The second-order valence-corrected chi connectivity index (χ2v) is 5.05. The predicted molar refractivity (Wildman–Crippen MR) is 77.7 cm³/mol. The molecule has 21 heavy (non-hydrogen) atoms. The van der Waals surface area contributed by atoms with E-state index in [1.165, 1.54) is 0 Å². The average molecular weight is 283 g/mol. The fourth-order valence-corrected chi connectivity index (χ4v) is 2.23. The van der Waals surface area contributed by atoms with Crippen molar-refractivity contribution in [3.8, 4) is 0 Å². The van der Waals surface area contributed by atoms with Crippen LogP contribution >= 0.6 is 0 Å². The second-order valence-electron chi connectivity index (χ2n) is 5.05. The maximum atomic E-state index is 10.2. The minimum atomic E-state index is -0.567. The molecule has 1 N–H and O–H groups in total. The normalized spacial score (nSPS) is 12.5. The van der Waals surface area contributed by atoms with Gasteiger partial charge in [0, 0.05) is 12.6 Å². The summed E-state index contributed by atoms with van der Waals surface area (Å²) in [5.41, 5.74) is 1.64. The zero-order chi connectivity index (χ0) is 14.7. The van der Waals surface area contributed by atoms with Crippen molar-refractivity contribution in [2.45, 2.75) is 26.0 Å². The number of aliphatic hydroxyl groups excluding tert-OH is 1. The van der Waals surface area contributed by atoms with Crippen LogP contribution in [0.25, 0.3) is 0 Å². The highest BCUT2D eigenvalue weighted by molar-refractivity contribution is 5.18. The second kappa shape index (κ2) is 5.93. The molecule has 0 fully saturated rings. The number of furan rings is 1. The number of aryl methyl sites for hydroxylation is 1. The van der Waals surface area contributed by atoms with Crippen molar-refractivity contribution in [1.29, 1.82) is 0 Å². The first-order valence-corrected chi connectivity index (χ1v) is 6.88. The minimum Gasteiger partial charge on any atom is -0.464 e. The lowest BCUT2D eigenvalue weighted by Crippen LogP contribution is -2.02. The number of nitrogens with zero attached hydrogens (tertiary/aromatic N) is 3. The van der Waals surface area contributed by atoms with Gasteiger partial charge in [0.15, 0.2) is 0 Å². The van der Waals surface area contributed by atoms with E-state index in [0.29, 0.717) is 13.0 Å². The topological polar surface area (TPSA) is 64.1 Å². The Kier molecular flexibility index (Phi) is 3.83. The molecule has 5 nitrogen and oxygen atoms in total. The van der Waals surface area contributed by atoms with Crippen LogP contribution in [0.5, 0.6) is 0 Å². The number of aromatic nitrogens is 3. The summed E-state index contributed by atoms with van der Waals surface area (Å²) < 4.78 is 7.22. The molecule has 3 rings (SSSR count). The van der Waals surface area contributed by atoms with Crippen LogP contribution < -0.4 is 0 Å². The van der Waals surface area contributed by atoms with E-state index in [2.05, 4.69) is 10.3 Å². The number of aliphatic hydroxyl groups is 1. The highest BCUT2D eigenvalue weighted by atomic mass is 16.3. The molecule has 5 heteroatoms. The number of hydrogen-bond acceptors (Lipinski definition) is 4. The van der Waals surface area contributed by atoms with Gasteiger partial charge in [0.05, 0.1) is 11.8 Å². The van der Waals surface area contributed by atoms with Crippen molar-refractivity contribution in [3.05, 3.63) is 71.4 Å². The van der Waals surface area contributed by atoms with Gasteiger partial charge in [-0.3, -0.25) is 0 Å². The quantitative estimate of drug-likeness (QED) is 0.781. The molecule has 0 aliphatic carbocycles. The van der Waals surface area contributed by atoms with E-state index in [1.54, 1.807) is 4.68 Å². The van der Waals surface area contributed by atoms with E-state index in [0.717, 1.165) is 22.8 Å². The molecule has 0 saturated heterocycles. The van der Waals surface area contributed by atoms with Crippen molar-refractivity contribution in [1.82, 2.24) is 15.0 Å². The summed E-state index contributed by atoms with van der Waals surface area (Å²) in [6, 6.07) is 13.4. The van der Waals surface area contributed by atoms with Crippen LogP contribution in [0.1, 0.15) is 28.9 Å². The zero-order valence-corrected chi connectivity index (χ0v) is 11.8. The van der Waals surface area contributed by atoms with Gasteiger partial charge in [-0.15, -0.1) is 5.10 Å². The van der Waals surface area contributed by atoms with Gasteiger partial charge in [0.2, 0.25) is 0 Å². The van der Waals surface area contributed by atoms with Gasteiger partial charge in [-0.1, -0.05) is 35.5 Å². The summed E-state index contributed by atoms with van der Waals surface area (Å²) in [6.45, 7) is 2.45. The first-order valence-electron chi connectivity index (χ1n) is 6.88. The Morgan fingerprint density at radius 3 is 2.71 bits per heavy atom. The summed E-state index contributed by atoms with van der Waals surface area (Å²) in [4.78, 5) is 0. The summed E-state index contributed by atoms with van der Waals surface area (Å²) in [5.74, 6) is 1.72. The maximum Gasteiger partial charge on any atom is 0.125 e. The maximum absolute atomic E-state index is 10.2. The molecule has 0 amide bonds. The van der Waals surface area contributed by atoms with Crippen LogP contribution in [0.15, 0.2) is 53.1 Å². The third kappa shape index (κ3) is 3.38. The highest BCUT2D eigenvalue weighted by Crippen LogP contribution is 2.16. The smallest absolute Gasteiger partial charge is 0.125 e. The zero-order valence-electron chi connectivity index (χ0n) is 11.8. The lowest BCUT2D eigenvalue weighted by atomic mass is 10.1. The largest absolute Gasteiger partial charge is 0.464 e. The molecule has 0 saturated carbocycles. The van der Waals surface area contributed by atoms with E-state index in [4.69, 9.17) is 4.42 Å². The molecular weight excluding hydrogens is 266 g/mol. The molecule has 108 valence electrons. The standard InChI is InChI=1S/C16H17N3O2/c1-12-7-8-15(21-12)11-19-10-14(17-18-19)9-16(20)13-5-3-2-4-6-13/h2-8,10,16,20H,9,11H2,1H3. The Labute approximate surface area is 122 Å². The predicted octanol–water partition coefficient (Wildman–Crippen LogP) is 2.50. The van der Waals surface area contributed by atoms with E-state index >= 15 is 0 Å². The molecule has 1 unspecified atom stereocenters. The van der Waals surface area contributed by atoms with Crippen LogP contribution in [0, 0.1) is 6.92 Å². The Morgan fingerprint density at radius 1 is 1.19 bits per heavy atom. The molecule has 1 atom stereocenters. The molecule has 0 bridgehead atoms. The van der Waals surface area contributed by atoms with Crippen LogP contribution in [-0.4, -0.2) is 20.1 Å².